The Morgan fingerprint density at radius 3 is 2.50 bits per heavy atom. The summed E-state index contributed by atoms with van der Waals surface area (Å²) in [6.45, 7) is 0. The molecule has 2 aromatic rings. The molecule has 0 bridgehead atoms. The molecule has 0 saturated carbocycles. The van der Waals surface area contributed by atoms with Crippen LogP contribution in [0, 0.1) is 5.82 Å². The lowest BCUT2D eigenvalue weighted by Gasteiger charge is -2.12. The van der Waals surface area contributed by atoms with Crippen molar-refractivity contribution in [3.8, 4) is 0 Å². The van der Waals surface area contributed by atoms with E-state index in [-0.39, 0.29) is 10.8 Å². The second-order valence-corrected chi connectivity index (χ2v) is 4.61. The van der Waals surface area contributed by atoms with Crippen LogP contribution in [0.25, 0.3) is 0 Å². The zero-order valence-corrected chi connectivity index (χ0v) is 10.6. The summed E-state index contributed by atoms with van der Waals surface area (Å²) in [5.74, 6) is -0.390. The Bertz CT molecular complexity index is 513. The Morgan fingerprint density at radius 1 is 1.11 bits per heavy atom. The third-order valence-electron chi connectivity index (χ3n) is 2.87. The summed E-state index contributed by atoms with van der Waals surface area (Å²) >= 11 is 5.91. The zero-order chi connectivity index (χ0) is 13.0. The second-order valence-electron chi connectivity index (χ2n) is 4.21. The van der Waals surface area contributed by atoms with Crippen molar-refractivity contribution in [3.05, 3.63) is 70.5 Å². The van der Waals surface area contributed by atoms with E-state index in [0.29, 0.717) is 12.0 Å². The molecular formula is C15H14ClFO. The molecular weight excluding hydrogens is 251 g/mol. The molecule has 0 aliphatic rings. The molecule has 3 heteroatoms. The molecule has 1 atom stereocenters. The van der Waals surface area contributed by atoms with Crippen LogP contribution >= 0.6 is 11.6 Å². The lowest BCUT2D eigenvalue weighted by atomic mass is 10.0. The van der Waals surface area contributed by atoms with E-state index in [1.807, 2.05) is 30.3 Å². The first-order chi connectivity index (χ1) is 8.66. The van der Waals surface area contributed by atoms with Crippen LogP contribution in [-0.2, 0) is 6.42 Å². The van der Waals surface area contributed by atoms with Crippen molar-refractivity contribution in [3.63, 3.8) is 0 Å². The van der Waals surface area contributed by atoms with Crippen molar-refractivity contribution < 1.29 is 9.50 Å². The first kappa shape index (κ1) is 13.1. The average molecular weight is 265 g/mol. The standard InChI is InChI=1S/C15H14ClFO/c16-14-10-12(17)7-8-13(14)15(18)9-6-11-4-2-1-3-5-11/h1-5,7-8,10,15,18H,6,9H2. The van der Waals surface area contributed by atoms with E-state index in [4.69, 9.17) is 11.6 Å². The van der Waals surface area contributed by atoms with Gasteiger partial charge in [-0.15, -0.1) is 0 Å². The summed E-state index contributed by atoms with van der Waals surface area (Å²) in [7, 11) is 0. The molecule has 1 unspecified atom stereocenters. The van der Waals surface area contributed by atoms with Gasteiger partial charge in [-0.25, -0.2) is 4.39 Å². The van der Waals surface area contributed by atoms with E-state index in [2.05, 4.69) is 0 Å². The number of rotatable bonds is 4. The monoisotopic (exact) mass is 264 g/mol. The predicted octanol–water partition coefficient (Wildman–Crippen LogP) is 4.15. The summed E-state index contributed by atoms with van der Waals surface area (Å²) in [4.78, 5) is 0. The summed E-state index contributed by atoms with van der Waals surface area (Å²) in [6, 6.07) is 14.0. The molecule has 0 radical (unpaired) electrons. The predicted molar refractivity (Wildman–Crippen MR) is 71.1 cm³/mol. The van der Waals surface area contributed by atoms with E-state index in [1.54, 1.807) is 0 Å². The second kappa shape index (κ2) is 5.98. The van der Waals surface area contributed by atoms with Gasteiger partial charge in [0.25, 0.3) is 0 Å². The van der Waals surface area contributed by atoms with Gasteiger partial charge in [-0.2, -0.15) is 0 Å². The Balaban J connectivity index is 2.01. The minimum Gasteiger partial charge on any atom is -0.388 e. The van der Waals surface area contributed by atoms with Crippen molar-refractivity contribution in [1.29, 1.82) is 0 Å². The van der Waals surface area contributed by atoms with E-state index < -0.39 is 6.10 Å². The van der Waals surface area contributed by atoms with Crippen LogP contribution in [0.5, 0.6) is 0 Å². The number of aliphatic hydroxyl groups is 1. The fourth-order valence-corrected chi connectivity index (χ4v) is 2.17. The molecule has 2 rings (SSSR count). The summed E-state index contributed by atoms with van der Waals surface area (Å²) in [6.07, 6.45) is 0.656. The number of aliphatic hydroxyl groups excluding tert-OH is 1. The Kier molecular flexibility index (Phi) is 4.34. The highest BCUT2D eigenvalue weighted by molar-refractivity contribution is 6.31. The lowest BCUT2D eigenvalue weighted by Crippen LogP contribution is -2.01. The average Bonchev–Trinajstić information content (AvgIpc) is 2.37. The molecule has 1 nitrogen and oxygen atoms in total. The van der Waals surface area contributed by atoms with Crippen molar-refractivity contribution in [1.82, 2.24) is 0 Å². The van der Waals surface area contributed by atoms with E-state index in [0.717, 1.165) is 12.0 Å². The summed E-state index contributed by atoms with van der Waals surface area (Å²) in [5.41, 5.74) is 1.74. The van der Waals surface area contributed by atoms with Gasteiger partial charge in [0, 0.05) is 5.02 Å². The molecule has 0 heterocycles. The molecule has 0 aromatic heterocycles. The Morgan fingerprint density at radius 2 is 1.83 bits per heavy atom. The highest BCUT2D eigenvalue weighted by atomic mass is 35.5. The SMILES string of the molecule is OC(CCc1ccccc1)c1ccc(F)cc1Cl. The maximum Gasteiger partial charge on any atom is 0.124 e. The minimum atomic E-state index is -0.668. The molecule has 0 aliphatic carbocycles. The molecule has 0 aliphatic heterocycles. The summed E-state index contributed by atoms with van der Waals surface area (Å²) < 4.78 is 12.9. The van der Waals surface area contributed by atoms with E-state index in [1.165, 1.54) is 18.2 Å². The first-order valence-electron chi connectivity index (χ1n) is 5.84. The highest BCUT2D eigenvalue weighted by Gasteiger charge is 2.12. The maximum atomic E-state index is 12.9. The molecule has 1 N–H and O–H groups in total. The van der Waals surface area contributed by atoms with Gasteiger partial charge in [0.2, 0.25) is 0 Å². The number of hydrogen-bond acceptors (Lipinski definition) is 1. The van der Waals surface area contributed by atoms with Gasteiger partial charge in [0.05, 0.1) is 6.10 Å². The van der Waals surface area contributed by atoms with Gasteiger partial charge in [-0.1, -0.05) is 48.0 Å². The fraction of sp³-hybridized carbons (Fsp3) is 0.200. The van der Waals surface area contributed by atoms with Crippen molar-refractivity contribution in [2.75, 3.05) is 0 Å². The van der Waals surface area contributed by atoms with Crippen LogP contribution in [0.3, 0.4) is 0 Å². The van der Waals surface area contributed by atoms with Gasteiger partial charge in [0.15, 0.2) is 0 Å². The largest absolute Gasteiger partial charge is 0.388 e. The van der Waals surface area contributed by atoms with Gasteiger partial charge >= 0.3 is 0 Å². The van der Waals surface area contributed by atoms with Crippen molar-refractivity contribution in [2.45, 2.75) is 18.9 Å². The van der Waals surface area contributed by atoms with Crippen LogP contribution < -0.4 is 0 Å². The normalized spacial score (nSPS) is 12.4. The molecule has 0 saturated heterocycles. The number of halogens is 2. The van der Waals surface area contributed by atoms with Crippen LogP contribution in [0.15, 0.2) is 48.5 Å². The molecule has 0 fully saturated rings. The van der Waals surface area contributed by atoms with Gasteiger partial charge in [-0.3, -0.25) is 0 Å². The quantitative estimate of drug-likeness (QED) is 0.880. The topological polar surface area (TPSA) is 20.2 Å². The van der Waals surface area contributed by atoms with Crippen LogP contribution in [0.2, 0.25) is 5.02 Å². The van der Waals surface area contributed by atoms with Gasteiger partial charge in [-0.05, 0) is 36.1 Å². The van der Waals surface area contributed by atoms with Crippen molar-refractivity contribution in [2.24, 2.45) is 0 Å². The number of hydrogen-bond donors (Lipinski definition) is 1. The molecule has 0 amide bonds. The zero-order valence-electron chi connectivity index (χ0n) is 9.81. The molecule has 0 spiro atoms. The summed E-state index contributed by atoms with van der Waals surface area (Å²) in [5, 5.41) is 10.3. The van der Waals surface area contributed by atoms with Gasteiger partial charge < -0.3 is 5.11 Å². The molecule has 2 aromatic carbocycles. The van der Waals surface area contributed by atoms with Crippen LogP contribution in [-0.4, -0.2) is 5.11 Å². The lowest BCUT2D eigenvalue weighted by molar-refractivity contribution is 0.168. The molecule has 94 valence electrons. The number of aryl methyl sites for hydroxylation is 1. The first-order valence-corrected chi connectivity index (χ1v) is 6.21. The smallest absolute Gasteiger partial charge is 0.124 e. The van der Waals surface area contributed by atoms with Crippen LogP contribution in [0.1, 0.15) is 23.7 Å². The number of benzene rings is 2. The highest BCUT2D eigenvalue weighted by Crippen LogP contribution is 2.26. The third-order valence-corrected chi connectivity index (χ3v) is 3.20. The van der Waals surface area contributed by atoms with Crippen LogP contribution in [0.4, 0.5) is 4.39 Å². The van der Waals surface area contributed by atoms with Gasteiger partial charge in [0.1, 0.15) is 5.82 Å². The Hall–Kier alpha value is -1.38. The minimum absolute atomic E-state index is 0.274. The van der Waals surface area contributed by atoms with E-state index >= 15 is 0 Å². The Labute approximate surface area is 111 Å². The third kappa shape index (κ3) is 3.31. The fourth-order valence-electron chi connectivity index (χ4n) is 1.88. The van der Waals surface area contributed by atoms with E-state index in [9.17, 15) is 9.50 Å². The maximum absolute atomic E-state index is 12.9. The van der Waals surface area contributed by atoms with Crippen molar-refractivity contribution >= 4 is 11.6 Å². The molecule has 18 heavy (non-hydrogen) atoms.